The van der Waals surface area contributed by atoms with Crippen molar-refractivity contribution in [1.29, 1.82) is 0 Å². The number of aliphatic carboxylic acids is 1. The summed E-state index contributed by atoms with van der Waals surface area (Å²) >= 11 is 8.56. The van der Waals surface area contributed by atoms with E-state index in [0.29, 0.717) is 59.1 Å². The van der Waals surface area contributed by atoms with E-state index in [9.17, 15) is 104 Å². The van der Waals surface area contributed by atoms with Crippen molar-refractivity contribution >= 4 is 142 Å². The first-order valence-electron chi connectivity index (χ1n) is 47.7. The molecule has 3 heterocycles. The molecule has 46 nitrogen and oxygen atoms in total. The van der Waals surface area contributed by atoms with E-state index in [2.05, 4.69) is 120 Å². The number of rotatable bonds is 58. The Morgan fingerprint density at radius 3 is 1.19 bits per heavy atom. The predicted molar refractivity (Wildman–Crippen MR) is 533 cm³/mol. The van der Waals surface area contributed by atoms with Crippen LogP contribution in [0.3, 0.4) is 0 Å². The monoisotopic (exact) mass is 2060 g/mol. The molecule has 31 N–H and O–H groups in total. The van der Waals surface area contributed by atoms with Gasteiger partial charge in [0, 0.05) is 89.9 Å². The van der Waals surface area contributed by atoms with Crippen LogP contribution in [0.1, 0.15) is 111 Å². The molecule has 1 fully saturated rings. The molecular formula is C97H132N20O26S2. The van der Waals surface area contributed by atoms with E-state index >= 15 is 24.0 Å². The molecule has 20 atom stereocenters. The Hall–Kier alpha value is -13.4. The zero-order valence-corrected chi connectivity index (χ0v) is 82.0. The zero-order valence-electron chi connectivity index (χ0n) is 80.2. The molecule has 0 bridgehead atoms. The van der Waals surface area contributed by atoms with Crippen LogP contribution in [0.15, 0.2) is 134 Å². The van der Waals surface area contributed by atoms with Crippen LogP contribution < -0.4 is 91.2 Å². The summed E-state index contributed by atoms with van der Waals surface area (Å²) in [5.74, 6) is -20.1. The fourth-order valence-corrected chi connectivity index (χ4v) is 17.7. The van der Waals surface area contributed by atoms with Crippen molar-refractivity contribution in [3.05, 3.63) is 167 Å². The maximum absolute atomic E-state index is 15.3. The van der Waals surface area contributed by atoms with Crippen molar-refractivity contribution in [2.75, 3.05) is 70.7 Å². The van der Waals surface area contributed by atoms with Gasteiger partial charge in [-0.25, -0.2) is 4.79 Å². The van der Waals surface area contributed by atoms with Crippen LogP contribution >= 0.6 is 25.3 Å². The highest BCUT2D eigenvalue weighted by molar-refractivity contribution is 7.80. The molecule has 145 heavy (non-hydrogen) atoms. The molecule has 7 aromatic rings. The number of hydrogen-bond donors (Lipinski definition) is 31. The van der Waals surface area contributed by atoms with Gasteiger partial charge in [-0.2, -0.15) is 25.3 Å². The van der Waals surface area contributed by atoms with Gasteiger partial charge in [0.05, 0.1) is 51.2 Å². The highest BCUT2D eigenvalue weighted by atomic mass is 32.1. The number of carbonyl (C=O) groups is 16. The van der Waals surface area contributed by atoms with E-state index in [-0.39, 0.29) is 81.5 Å². The fourth-order valence-electron chi connectivity index (χ4n) is 17.2. The van der Waals surface area contributed by atoms with Crippen LogP contribution in [0, 0.1) is 5.92 Å². The lowest BCUT2D eigenvalue weighted by Gasteiger charge is -2.46. The van der Waals surface area contributed by atoms with E-state index in [1.54, 1.807) is 60.8 Å². The van der Waals surface area contributed by atoms with Crippen LogP contribution in [0.5, 0.6) is 11.5 Å². The third kappa shape index (κ3) is 32.8. The molecule has 15 amide bonds. The van der Waals surface area contributed by atoms with Gasteiger partial charge in [0.2, 0.25) is 88.6 Å². The Labute approximate surface area is 845 Å². The number of H-pyrrole nitrogens is 2. The molecule has 1 aliphatic heterocycles. The molecule has 2 aliphatic rings. The number of para-hydroxylation sites is 1. The summed E-state index contributed by atoms with van der Waals surface area (Å²) in [6, 6.07) is 5.58. The summed E-state index contributed by atoms with van der Waals surface area (Å²) in [6.07, 6.45) is 1.32. The summed E-state index contributed by atoms with van der Waals surface area (Å²) in [5.41, 5.74) is 17.1. The number of likely N-dealkylation sites (tertiary alicyclic amines) is 1. The molecular weight excluding hydrogens is 1930 g/mol. The smallest absolute Gasteiger partial charge is 0.328 e. The van der Waals surface area contributed by atoms with Gasteiger partial charge < -0.3 is 152 Å². The van der Waals surface area contributed by atoms with Crippen molar-refractivity contribution in [3.8, 4) is 11.5 Å². The molecule has 0 spiro atoms. The van der Waals surface area contributed by atoms with Crippen LogP contribution in [0.2, 0.25) is 0 Å². The normalized spacial score (nSPS) is 17.4. The number of aromatic amines is 2. The number of piperidine rings is 1. The number of hydrogen-bond acceptors (Lipinski definition) is 30. The number of phenols is 2. The first kappa shape index (κ1) is 115. The topological polar surface area (TPSA) is 743 Å². The molecule has 48 heteroatoms. The number of aromatic nitrogens is 2. The maximum atomic E-state index is 15.3. The van der Waals surface area contributed by atoms with Gasteiger partial charge >= 0.3 is 5.97 Å². The summed E-state index contributed by atoms with van der Waals surface area (Å²) in [6.45, 7) is -0.233. The highest BCUT2D eigenvalue weighted by Crippen LogP contribution is 2.45. The number of aliphatic hydroxyl groups is 7. The first-order chi connectivity index (χ1) is 69.4. The van der Waals surface area contributed by atoms with Crippen LogP contribution in [0.4, 0.5) is 0 Å². The summed E-state index contributed by atoms with van der Waals surface area (Å²) < 4.78 is 0. The number of carbonyl (C=O) groups excluding carboxylic acids is 15. The minimum absolute atomic E-state index is 0.0476. The van der Waals surface area contributed by atoms with Gasteiger partial charge in [-0.3, -0.25) is 76.8 Å². The molecule has 2 aromatic heterocycles. The minimum atomic E-state index is -2.03. The number of nitrogens with zero attached hydrogens (tertiary/aromatic N) is 1. The number of fused-ring (bicyclic) bond motifs is 3. The summed E-state index contributed by atoms with van der Waals surface area (Å²) in [7, 11) is 0. The Morgan fingerprint density at radius 1 is 0.400 bits per heavy atom. The average molecular weight is 2060 g/mol. The molecule has 0 saturated carbocycles. The Balaban J connectivity index is 0.879. The lowest BCUT2D eigenvalue weighted by molar-refractivity contribution is -0.145. The second kappa shape index (κ2) is 56.8. The molecule has 0 radical (unpaired) electrons. The molecule has 2 unspecified atom stereocenters. The van der Waals surface area contributed by atoms with Crippen molar-refractivity contribution in [1.82, 2.24) is 94.6 Å². The van der Waals surface area contributed by atoms with E-state index in [1.807, 2.05) is 31.3 Å². The number of amides is 15. The van der Waals surface area contributed by atoms with Gasteiger partial charge in [0.25, 0.3) is 0 Å². The molecule has 9 rings (SSSR count). The lowest BCUT2D eigenvalue weighted by Crippen LogP contribution is -2.62. The molecule has 788 valence electrons. The van der Waals surface area contributed by atoms with Crippen molar-refractivity contribution in [2.45, 2.75) is 219 Å². The Morgan fingerprint density at radius 2 is 0.759 bits per heavy atom. The Kier molecular flexibility index (Phi) is 45.1. The van der Waals surface area contributed by atoms with Gasteiger partial charge in [-0.15, -0.1) is 0 Å². The summed E-state index contributed by atoms with van der Waals surface area (Å²) in [4.78, 5) is 236. The highest BCUT2D eigenvalue weighted by Gasteiger charge is 2.45. The molecule has 5 aromatic carbocycles. The number of aliphatic hydroxyl groups excluding tert-OH is 7. The number of aromatic hydroxyl groups is 2. The number of carboxylic acids is 1. The number of nitrogens with one attached hydrogen (secondary N) is 17. The van der Waals surface area contributed by atoms with Crippen LogP contribution in [-0.2, 0) is 109 Å². The Bertz CT molecular complexity index is 5590. The quantitative estimate of drug-likeness (QED) is 0.0125. The van der Waals surface area contributed by atoms with Gasteiger partial charge in [0.1, 0.15) is 96.1 Å². The largest absolute Gasteiger partial charge is 0.508 e. The first-order valence-corrected chi connectivity index (χ1v) is 49.0. The van der Waals surface area contributed by atoms with Crippen molar-refractivity contribution < 1.29 is 128 Å². The van der Waals surface area contributed by atoms with E-state index < -0.39 is 261 Å². The summed E-state index contributed by atoms with van der Waals surface area (Å²) in [5, 5.41) is 142. The van der Waals surface area contributed by atoms with E-state index in [4.69, 9.17) is 11.5 Å². The van der Waals surface area contributed by atoms with E-state index in [1.165, 1.54) is 54.1 Å². The zero-order chi connectivity index (χ0) is 106. The maximum Gasteiger partial charge on any atom is 0.328 e. The SMILES string of the molecule is CCCN1C[C@H](C(=O)N[C@H](CO)C(=O)N[C@H](CO)C(=O)N[C@H](CO)C(=O)N[C@H](CO)C(=O)N[C@H](CO)C(=O)N[C@@H](CCCCN)C(=O)N[C@H](Cc2ccc(O)cc2)C(=O)N[C@H](Cc2ccc(O)cc2)C(=O)N[C@@H](CS)C(=O)N[C@@H](Cc2ccccc2)C(=O)N[C@H](Cc2c[nH]c3ccccc23)C(=O)N[C@@H](CCCCN)C(=O)N[C@H](C(=O)N[C@@H](CS)C(=O)N[C@H](C(=O)O)[C@@H](C)O)[C@@H](C)O)CC2c3cccc4[nH]cc(c34)CC21. The molecule has 1 saturated heterocycles. The van der Waals surface area contributed by atoms with Crippen molar-refractivity contribution in [2.24, 2.45) is 17.4 Å². The van der Waals surface area contributed by atoms with E-state index in [0.717, 1.165) is 43.2 Å². The van der Waals surface area contributed by atoms with Crippen LogP contribution in [-0.4, -0.2) is 340 Å². The van der Waals surface area contributed by atoms with Crippen LogP contribution in [0.25, 0.3) is 21.8 Å². The van der Waals surface area contributed by atoms with Gasteiger partial charge in [-0.05, 0) is 161 Å². The minimum Gasteiger partial charge on any atom is -0.508 e. The van der Waals surface area contributed by atoms with Gasteiger partial charge in [0.15, 0.2) is 6.04 Å². The fraction of sp³-hybridized carbons (Fsp3) is 0.485. The molecule has 1 aliphatic carbocycles. The van der Waals surface area contributed by atoms with Crippen molar-refractivity contribution in [3.63, 3.8) is 0 Å². The number of nitrogens with two attached hydrogens (primary N) is 2. The number of unbranched alkanes of at least 4 members (excludes halogenated alkanes) is 2. The third-order valence-electron chi connectivity index (χ3n) is 25.1. The van der Waals surface area contributed by atoms with Gasteiger partial charge in [-0.1, -0.05) is 91.9 Å². The average Bonchev–Trinajstić information content (AvgIpc) is 1.67. The standard InChI is InChI=1S/C97H132N20O26S2/c1-4-33-117-42-57(37-62-61-18-14-22-64-79(61)56(41-101-64)39-78(62)117)82(127)108-71(43-118)90(135)110-73(45-120)92(137)112-75(47-122)93(138)111-74(46-121)91(136)109-72(44-119)89(134)103-65(20-10-12-31-98)83(128)104-68(35-53-23-27-58(125)28-24-53)85(130)105-69(36-54-25-29-59(126)30-26-54)87(132)113-76(48-144)94(139)106-67(34-52-15-6-5-7-16-52)86(131)107-70(38-55-40-100-63-19-9-8-17-60(55)63)88(133)102-66(21-11-13-32-99)84(129)115-80(50(2)123)96(141)114-77(49-145)95(140)116-81(51(3)124)97(142)143/h5-9,14-19,22-30,40-41,50-51,57,62,65-78,80-81,100-101,118-126,144-145H,4,10-13,20-21,31-39,42-49,98-99H2,1-3H3,(H,102,133)(H,103,134)(H,104,128)(H,105,130)(H,106,139)(H,107,131)(H,108,127)(H,109,136)(H,110,135)(H,111,138)(H,112,137)(H,113,132)(H,114,141)(H,115,129)(H,116,140)(H,142,143)/t50-,51-,57-,62?,65+,66+,67+,68-,69-,70-,71-,72-,73-,74-,75-,76+,77+,78?,80+,81+/m1/s1. The number of benzene rings is 5. The number of thiol groups is 2. The third-order valence-corrected chi connectivity index (χ3v) is 25.8. The lowest BCUT2D eigenvalue weighted by atomic mass is 9.72. The second-order valence-corrected chi connectivity index (χ2v) is 36.5. The predicted octanol–water partition coefficient (Wildman–Crippen LogP) is -6.03. The number of carboxylic acid groups (broad SMARTS) is 1. The number of phenolic OH excluding ortho intramolecular Hbond substituents is 2. The second-order valence-electron chi connectivity index (χ2n) is 35.8.